The predicted molar refractivity (Wildman–Crippen MR) is 96.0 cm³/mol. The first kappa shape index (κ1) is 19.0. The van der Waals surface area contributed by atoms with E-state index in [2.05, 4.69) is 24.5 Å². The smallest absolute Gasteiger partial charge is 0.324 e. The lowest BCUT2D eigenvalue weighted by atomic mass is 10.0. The molecule has 0 spiro atoms. The van der Waals surface area contributed by atoms with Gasteiger partial charge in [-0.3, -0.25) is 14.5 Å². The van der Waals surface area contributed by atoms with Crippen LogP contribution < -0.4 is 10.6 Å². The summed E-state index contributed by atoms with van der Waals surface area (Å²) >= 11 is 0. The monoisotopic (exact) mass is 345 g/mol. The first-order chi connectivity index (χ1) is 11.9. The molecule has 1 aliphatic heterocycles. The highest BCUT2D eigenvalue weighted by atomic mass is 16.2. The molecule has 6 heteroatoms. The number of carbonyl (C=O) groups excluding carboxylic acids is 3. The van der Waals surface area contributed by atoms with Crippen LogP contribution >= 0.6 is 0 Å². The molecule has 136 valence electrons. The second-order valence-corrected chi connectivity index (χ2v) is 7.03. The second-order valence-electron chi connectivity index (χ2n) is 7.03. The number of urea groups is 1. The zero-order valence-corrected chi connectivity index (χ0v) is 15.2. The third kappa shape index (κ3) is 5.59. The fraction of sp³-hybridized carbons (Fsp3) is 0.526. The Kier molecular flexibility index (Phi) is 6.56. The molecule has 0 aromatic heterocycles. The molecule has 0 aliphatic carbocycles. The lowest BCUT2D eigenvalue weighted by Gasteiger charge is -2.15. The molecule has 6 nitrogen and oxygen atoms in total. The van der Waals surface area contributed by atoms with Gasteiger partial charge in [-0.1, -0.05) is 38.8 Å². The van der Waals surface area contributed by atoms with Crippen molar-refractivity contribution >= 4 is 17.8 Å². The van der Waals surface area contributed by atoms with E-state index in [1.165, 1.54) is 4.90 Å². The Morgan fingerprint density at radius 1 is 1.16 bits per heavy atom. The Morgan fingerprint density at radius 3 is 2.40 bits per heavy atom. The summed E-state index contributed by atoms with van der Waals surface area (Å²) < 4.78 is 0. The minimum Gasteiger partial charge on any atom is -0.350 e. The molecule has 1 saturated heterocycles. The maximum absolute atomic E-state index is 12.3. The summed E-state index contributed by atoms with van der Waals surface area (Å²) in [5.74, 6) is 0.348. The molecule has 1 aromatic rings. The first-order valence-corrected chi connectivity index (χ1v) is 8.85. The van der Waals surface area contributed by atoms with E-state index in [0.717, 1.165) is 24.8 Å². The molecule has 4 amide bonds. The van der Waals surface area contributed by atoms with Crippen LogP contribution in [0.5, 0.6) is 0 Å². The van der Waals surface area contributed by atoms with Crippen LogP contribution in [-0.4, -0.2) is 35.3 Å². The van der Waals surface area contributed by atoms with E-state index in [-0.39, 0.29) is 37.0 Å². The number of hydrogen-bond donors (Lipinski definition) is 2. The van der Waals surface area contributed by atoms with Crippen molar-refractivity contribution in [2.75, 3.05) is 6.54 Å². The molecule has 2 N–H and O–H groups in total. The van der Waals surface area contributed by atoms with E-state index in [4.69, 9.17) is 0 Å². The van der Waals surface area contributed by atoms with Crippen molar-refractivity contribution in [2.24, 2.45) is 5.92 Å². The topological polar surface area (TPSA) is 78.5 Å². The zero-order chi connectivity index (χ0) is 18.4. The molecule has 25 heavy (non-hydrogen) atoms. The summed E-state index contributed by atoms with van der Waals surface area (Å²) in [6.45, 7) is 6.69. The van der Waals surface area contributed by atoms with Gasteiger partial charge in [0.25, 0.3) is 5.91 Å². The van der Waals surface area contributed by atoms with Gasteiger partial charge < -0.3 is 10.6 Å². The first-order valence-electron chi connectivity index (χ1n) is 8.85. The Morgan fingerprint density at radius 2 is 1.84 bits per heavy atom. The third-order valence-corrected chi connectivity index (χ3v) is 4.29. The highest BCUT2D eigenvalue weighted by Crippen LogP contribution is 2.12. The predicted octanol–water partition coefficient (Wildman–Crippen LogP) is 2.68. The van der Waals surface area contributed by atoms with Crippen LogP contribution in [0.25, 0.3) is 0 Å². The molecule has 1 atom stereocenters. The Balaban J connectivity index is 1.85. The average Bonchev–Trinajstić information content (AvgIpc) is 2.87. The molecular weight excluding hydrogens is 318 g/mol. The molecule has 1 fully saturated rings. The second kappa shape index (κ2) is 8.65. The molecule has 1 heterocycles. The summed E-state index contributed by atoms with van der Waals surface area (Å²) in [7, 11) is 0. The quantitative estimate of drug-likeness (QED) is 0.711. The molecule has 2 rings (SSSR count). The van der Waals surface area contributed by atoms with Crippen molar-refractivity contribution in [3.8, 4) is 0 Å². The number of carbonyl (C=O) groups is 3. The molecule has 0 bridgehead atoms. The maximum Gasteiger partial charge on any atom is 0.324 e. The Hall–Kier alpha value is -2.37. The number of hydrogen-bond acceptors (Lipinski definition) is 3. The molecule has 1 aromatic carbocycles. The van der Waals surface area contributed by atoms with Gasteiger partial charge in [0.05, 0.1) is 13.1 Å². The Bertz CT molecular complexity index is 609. The molecule has 1 unspecified atom stereocenters. The van der Waals surface area contributed by atoms with Crippen LogP contribution in [0.4, 0.5) is 4.79 Å². The van der Waals surface area contributed by atoms with E-state index >= 15 is 0 Å². The number of rotatable bonds is 8. The molecule has 0 radical (unpaired) electrons. The molecule has 0 saturated carbocycles. The van der Waals surface area contributed by atoms with Gasteiger partial charge in [-0.15, -0.1) is 0 Å². The van der Waals surface area contributed by atoms with Crippen LogP contribution in [0.15, 0.2) is 24.3 Å². The van der Waals surface area contributed by atoms with Crippen LogP contribution in [0.2, 0.25) is 0 Å². The van der Waals surface area contributed by atoms with Crippen molar-refractivity contribution in [3.63, 3.8) is 0 Å². The maximum atomic E-state index is 12.3. The van der Waals surface area contributed by atoms with E-state index in [1.54, 1.807) is 24.3 Å². The SMILES string of the molecule is CC(C)CCCC(C)NC(=O)c1ccc(CN2C(=O)CNC2=O)cc1. The number of nitrogens with one attached hydrogen (secondary N) is 2. The van der Waals surface area contributed by atoms with Gasteiger partial charge in [0.2, 0.25) is 5.91 Å². The fourth-order valence-corrected chi connectivity index (χ4v) is 2.77. The third-order valence-electron chi connectivity index (χ3n) is 4.29. The van der Waals surface area contributed by atoms with Crippen molar-refractivity contribution in [1.82, 2.24) is 15.5 Å². The number of benzene rings is 1. The van der Waals surface area contributed by atoms with E-state index in [9.17, 15) is 14.4 Å². The summed E-state index contributed by atoms with van der Waals surface area (Å²) in [4.78, 5) is 36.6. The van der Waals surface area contributed by atoms with Crippen LogP contribution in [0.1, 0.15) is 56.0 Å². The van der Waals surface area contributed by atoms with E-state index in [0.29, 0.717) is 11.5 Å². The van der Waals surface area contributed by atoms with Gasteiger partial charge >= 0.3 is 6.03 Å². The summed E-state index contributed by atoms with van der Waals surface area (Å²) in [5.41, 5.74) is 1.39. The van der Waals surface area contributed by atoms with Gasteiger partial charge in [-0.25, -0.2) is 4.79 Å². The number of amides is 4. The molecular formula is C19H27N3O3. The van der Waals surface area contributed by atoms with Crippen molar-refractivity contribution in [1.29, 1.82) is 0 Å². The normalized spacial score (nSPS) is 15.4. The van der Waals surface area contributed by atoms with Gasteiger partial charge in [0.1, 0.15) is 0 Å². The van der Waals surface area contributed by atoms with E-state index in [1.807, 2.05) is 6.92 Å². The van der Waals surface area contributed by atoms with Crippen molar-refractivity contribution < 1.29 is 14.4 Å². The van der Waals surface area contributed by atoms with Gasteiger partial charge in [-0.2, -0.15) is 0 Å². The summed E-state index contributed by atoms with van der Waals surface area (Å²) in [5, 5.41) is 5.50. The van der Waals surface area contributed by atoms with E-state index < -0.39 is 0 Å². The fourth-order valence-electron chi connectivity index (χ4n) is 2.77. The summed E-state index contributed by atoms with van der Waals surface area (Å²) in [6, 6.07) is 6.77. The van der Waals surface area contributed by atoms with Gasteiger partial charge in [0, 0.05) is 11.6 Å². The van der Waals surface area contributed by atoms with Crippen LogP contribution in [-0.2, 0) is 11.3 Å². The molecule has 1 aliphatic rings. The van der Waals surface area contributed by atoms with Gasteiger partial charge in [-0.05, 0) is 37.0 Å². The number of imide groups is 1. The average molecular weight is 345 g/mol. The minimum atomic E-state index is -0.373. The standard InChI is InChI=1S/C19H27N3O3/c1-13(2)5-4-6-14(3)21-18(24)16-9-7-15(8-10-16)12-22-17(23)11-20-19(22)25/h7-10,13-14H,4-6,11-12H2,1-3H3,(H,20,25)(H,21,24). The lowest BCUT2D eigenvalue weighted by Crippen LogP contribution is -2.32. The lowest BCUT2D eigenvalue weighted by molar-refractivity contribution is -0.125. The largest absolute Gasteiger partial charge is 0.350 e. The van der Waals surface area contributed by atoms with Crippen molar-refractivity contribution in [3.05, 3.63) is 35.4 Å². The zero-order valence-electron chi connectivity index (χ0n) is 15.2. The highest BCUT2D eigenvalue weighted by molar-refractivity contribution is 6.01. The Labute approximate surface area is 149 Å². The summed E-state index contributed by atoms with van der Waals surface area (Å²) in [6.07, 6.45) is 3.23. The van der Waals surface area contributed by atoms with Crippen LogP contribution in [0, 0.1) is 5.92 Å². The highest BCUT2D eigenvalue weighted by Gasteiger charge is 2.28. The minimum absolute atomic E-state index is 0.0496. The van der Waals surface area contributed by atoms with Crippen molar-refractivity contribution in [2.45, 2.75) is 52.6 Å². The van der Waals surface area contributed by atoms with Gasteiger partial charge in [0.15, 0.2) is 0 Å². The van der Waals surface area contributed by atoms with Crippen LogP contribution in [0.3, 0.4) is 0 Å². The number of nitrogens with zero attached hydrogens (tertiary/aromatic N) is 1.